The van der Waals surface area contributed by atoms with Crippen LogP contribution in [0, 0.1) is 0 Å². The molecule has 0 aliphatic rings. The Labute approximate surface area is 220 Å². The first-order chi connectivity index (χ1) is 19.3. The van der Waals surface area contributed by atoms with Gasteiger partial charge in [-0.25, -0.2) is 4.98 Å². The highest BCUT2D eigenvalue weighted by Gasteiger charge is 2.23. The molecule has 0 saturated heterocycles. The van der Waals surface area contributed by atoms with E-state index in [-0.39, 0.29) is 5.56 Å². The van der Waals surface area contributed by atoms with Gasteiger partial charge in [-0.3, -0.25) is 13.8 Å². The van der Waals surface area contributed by atoms with Crippen molar-refractivity contribution < 1.29 is 4.42 Å². The highest BCUT2D eigenvalue weighted by Crippen LogP contribution is 2.38. The van der Waals surface area contributed by atoms with E-state index in [4.69, 9.17) is 9.40 Å². The van der Waals surface area contributed by atoms with E-state index in [1.807, 2.05) is 89.5 Å². The maximum absolute atomic E-state index is 14.5. The van der Waals surface area contributed by atoms with Gasteiger partial charge in [0.25, 0.3) is 5.56 Å². The molecule has 9 rings (SSSR count). The monoisotopic (exact) mass is 501 g/mol. The minimum atomic E-state index is -0.0968. The molecule has 5 aromatic carbocycles. The molecule has 5 nitrogen and oxygen atoms in total. The summed E-state index contributed by atoms with van der Waals surface area (Å²) in [7, 11) is 0. The molecule has 0 fully saturated rings. The highest BCUT2D eigenvalue weighted by molar-refractivity contribution is 6.22. The van der Waals surface area contributed by atoms with Crippen molar-refractivity contribution in [1.29, 1.82) is 0 Å². The average molecular weight is 502 g/mol. The Morgan fingerprint density at radius 3 is 2.08 bits per heavy atom. The van der Waals surface area contributed by atoms with Crippen LogP contribution in [0.4, 0.5) is 0 Å². The Balaban J connectivity index is 1.65. The second-order valence-electron chi connectivity index (χ2n) is 9.94. The molecule has 0 amide bonds. The van der Waals surface area contributed by atoms with Gasteiger partial charge in [0, 0.05) is 26.9 Å². The number of hydrogen-bond donors (Lipinski definition) is 0. The molecule has 0 spiro atoms. The summed E-state index contributed by atoms with van der Waals surface area (Å²) >= 11 is 0. The van der Waals surface area contributed by atoms with Crippen LogP contribution < -0.4 is 5.56 Å². The van der Waals surface area contributed by atoms with E-state index in [1.165, 1.54) is 0 Å². The summed E-state index contributed by atoms with van der Waals surface area (Å²) in [5.74, 6) is 0. The van der Waals surface area contributed by atoms with E-state index in [1.54, 1.807) is 0 Å². The summed E-state index contributed by atoms with van der Waals surface area (Å²) in [6.45, 7) is 0. The van der Waals surface area contributed by atoms with Crippen LogP contribution in [0.5, 0.6) is 0 Å². The molecule has 0 unspecified atom stereocenters. The molecule has 0 atom stereocenters. The smallest absolute Gasteiger partial charge is 0.264 e. The quantitative estimate of drug-likeness (QED) is 0.214. The number of rotatable bonds is 1. The molecule has 0 saturated carbocycles. The van der Waals surface area contributed by atoms with E-state index in [2.05, 4.69) is 34.7 Å². The van der Waals surface area contributed by atoms with Crippen molar-refractivity contribution in [2.45, 2.75) is 0 Å². The van der Waals surface area contributed by atoms with E-state index >= 15 is 0 Å². The van der Waals surface area contributed by atoms with Gasteiger partial charge in [0.15, 0.2) is 5.58 Å². The third-order valence-electron chi connectivity index (χ3n) is 7.90. The lowest BCUT2D eigenvalue weighted by atomic mass is 10.0. The van der Waals surface area contributed by atoms with Crippen LogP contribution in [0.25, 0.3) is 76.9 Å². The molecular weight excluding hydrogens is 482 g/mol. The number of aromatic nitrogens is 3. The van der Waals surface area contributed by atoms with Gasteiger partial charge in [0.05, 0.1) is 16.7 Å². The van der Waals surface area contributed by atoms with Crippen molar-refractivity contribution in [2.75, 3.05) is 0 Å². The van der Waals surface area contributed by atoms with E-state index in [9.17, 15) is 4.79 Å². The fourth-order valence-corrected chi connectivity index (χ4v) is 6.26. The summed E-state index contributed by atoms with van der Waals surface area (Å²) in [5, 5.41) is 6.67. The molecule has 4 heterocycles. The second kappa shape index (κ2) is 7.33. The Kier molecular flexibility index (Phi) is 3.87. The molecule has 0 aliphatic heterocycles. The molecule has 0 bridgehead atoms. The standard InChI is InChI=1S/C34H19N3O2/c38-34-25-14-4-2-12-22(25)30-21-11-1-3-13-24(21)32-35-26-16-6-7-17-27(26)36(32)33(30)37(34)28-18-9-15-23-20-10-5-8-19-29(20)39-31(23)28/h1-19H. The number of furan rings is 1. The summed E-state index contributed by atoms with van der Waals surface area (Å²) in [6, 6.07) is 38.3. The van der Waals surface area contributed by atoms with Gasteiger partial charge in [0.2, 0.25) is 0 Å². The van der Waals surface area contributed by atoms with E-state index < -0.39 is 0 Å². The number of hydrogen-bond acceptors (Lipinski definition) is 3. The van der Waals surface area contributed by atoms with Crippen molar-refractivity contribution >= 4 is 71.2 Å². The lowest BCUT2D eigenvalue weighted by molar-refractivity contribution is 0.665. The third-order valence-corrected chi connectivity index (χ3v) is 7.90. The predicted octanol–water partition coefficient (Wildman–Crippen LogP) is 8.00. The summed E-state index contributed by atoms with van der Waals surface area (Å²) in [4.78, 5) is 19.6. The Morgan fingerprint density at radius 2 is 1.23 bits per heavy atom. The molecule has 4 aromatic heterocycles. The van der Waals surface area contributed by atoms with E-state index in [0.717, 1.165) is 60.2 Å². The Morgan fingerprint density at radius 1 is 0.590 bits per heavy atom. The SMILES string of the molecule is O=c1c2ccccc2c2c3ccccc3c3nc4ccccc4n3c2n1-c1cccc2c1oc1ccccc12. The van der Waals surface area contributed by atoms with Gasteiger partial charge in [-0.05, 0) is 41.1 Å². The number of imidazole rings is 1. The molecule has 0 aliphatic carbocycles. The van der Waals surface area contributed by atoms with Crippen LogP contribution in [0.15, 0.2) is 124 Å². The zero-order chi connectivity index (χ0) is 25.7. The van der Waals surface area contributed by atoms with Gasteiger partial charge in [0.1, 0.15) is 16.9 Å². The molecule has 9 aromatic rings. The minimum absolute atomic E-state index is 0.0968. The van der Waals surface area contributed by atoms with Crippen molar-refractivity contribution in [3.63, 3.8) is 0 Å². The fourth-order valence-electron chi connectivity index (χ4n) is 6.26. The molecular formula is C34H19N3O2. The highest BCUT2D eigenvalue weighted by atomic mass is 16.3. The van der Waals surface area contributed by atoms with Crippen LogP contribution in [0.3, 0.4) is 0 Å². The zero-order valence-corrected chi connectivity index (χ0v) is 20.6. The largest absolute Gasteiger partial charge is 0.454 e. The summed E-state index contributed by atoms with van der Waals surface area (Å²) in [5.41, 5.74) is 5.51. The van der Waals surface area contributed by atoms with Gasteiger partial charge < -0.3 is 4.42 Å². The average Bonchev–Trinajstić information content (AvgIpc) is 3.57. The maximum Gasteiger partial charge on any atom is 0.264 e. The normalized spacial score (nSPS) is 12.2. The number of nitrogens with zero attached hydrogens (tertiary/aromatic N) is 3. The first-order valence-electron chi connectivity index (χ1n) is 13.0. The molecule has 39 heavy (non-hydrogen) atoms. The number of fused-ring (bicyclic) bond motifs is 13. The maximum atomic E-state index is 14.5. The summed E-state index contributed by atoms with van der Waals surface area (Å²) < 4.78 is 10.4. The van der Waals surface area contributed by atoms with Crippen molar-refractivity contribution in [3.05, 3.63) is 126 Å². The van der Waals surface area contributed by atoms with Crippen LogP contribution in [-0.4, -0.2) is 14.0 Å². The first kappa shape index (κ1) is 20.6. The van der Waals surface area contributed by atoms with Crippen molar-refractivity contribution in [3.8, 4) is 5.69 Å². The first-order valence-corrected chi connectivity index (χ1v) is 13.0. The second-order valence-corrected chi connectivity index (χ2v) is 9.94. The summed E-state index contributed by atoms with van der Waals surface area (Å²) in [6.07, 6.45) is 0. The van der Waals surface area contributed by atoms with Crippen molar-refractivity contribution in [1.82, 2.24) is 14.0 Å². The van der Waals surface area contributed by atoms with Crippen LogP contribution in [0.2, 0.25) is 0 Å². The number of para-hydroxylation sites is 4. The van der Waals surface area contributed by atoms with E-state index in [0.29, 0.717) is 16.7 Å². The fraction of sp³-hybridized carbons (Fsp3) is 0. The lowest BCUT2D eigenvalue weighted by Gasteiger charge is -2.17. The minimum Gasteiger partial charge on any atom is -0.454 e. The Hall–Kier alpha value is -5.42. The zero-order valence-electron chi connectivity index (χ0n) is 20.6. The topological polar surface area (TPSA) is 52.4 Å². The number of pyridine rings is 2. The predicted molar refractivity (Wildman–Crippen MR) is 158 cm³/mol. The lowest BCUT2D eigenvalue weighted by Crippen LogP contribution is -2.21. The van der Waals surface area contributed by atoms with Gasteiger partial charge in [-0.2, -0.15) is 0 Å². The Bertz CT molecular complexity index is 2530. The molecule has 0 N–H and O–H groups in total. The van der Waals surface area contributed by atoms with Crippen LogP contribution in [0.1, 0.15) is 0 Å². The molecule has 0 radical (unpaired) electrons. The van der Waals surface area contributed by atoms with Crippen LogP contribution >= 0.6 is 0 Å². The van der Waals surface area contributed by atoms with Crippen molar-refractivity contribution in [2.24, 2.45) is 0 Å². The van der Waals surface area contributed by atoms with Gasteiger partial charge in [-0.1, -0.05) is 84.9 Å². The third kappa shape index (κ3) is 2.58. The number of benzene rings is 5. The molecule has 182 valence electrons. The molecule has 5 heteroatoms. The van der Waals surface area contributed by atoms with Gasteiger partial charge >= 0.3 is 0 Å². The van der Waals surface area contributed by atoms with Crippen LogP contribution in [-0.2, 0) is 0 Å². The van der Waals surface area contributed by atoms with Gasteiger partial charge in [-0.15, -0.1) is 0 Å².